The number of rotatable bonds is 6. The van der Waals surface area contributed by atoms with E-state index in [2.05, 4.69) is 30.0 Å². The smallest absolute Gasteiger partial charge is 0.289 e. The molecule has 5 heteroatoms. The Labute approximate surface area is 167 Å². The second-order valence-corrected chi connectivity index (χ2v) is 7.89. The Kier molecular flexibility index (Phi) is 5.83. The van der Waals surface area contributed by atoms with Crippen LogP contribution in [0.4, 0.5) is 0 Å². The van der Waals surface area contributed by atoms with Gasteiger partial charge >= 0.3 is 0 Å². The van der Waals surface area contributed by atoms with Crippen molar-refractivity contribution < 1.29 is 13.9 Å². The van der Waals surface area contributed by atoms with E-state index >= 15 is 0 Å². The minimum Gasteiger partial charge on any atom is -0.456 e. The zero-order valence-corrected chi connectivity index (χ0v) is 16.9. The number of carbonyl (C=O) groups is 1. The molecule has 0 saturated carbocycles. The van der Waals surface area contributed by atoms with Gasteiger partial charge in [-0.25, -0.2) is 0 Å². The van der Waals surface area contributed by atoms with Crippen LogP contribution in [0.25, 0.3) is 0 Å². The Morgan fingerprint density at radius 1 is 1.25 bits per heavy atom. The van der Waals surface area contributed by atoms with Gasteiger partial charge < -0.3 is 14.1 Å². The van der Waals surface area contributed by atoms with Gasteiger partial charge in [0, 0.05) is 25.6 Å². The highest BCUT2D eigenvalue weighted by atomic mass is 16.5. The lowest BCUT2D eigenvalue weighted by molar-refractivity contribution is 0.0191. The van der Waals surface area contributed by atoms with Crippen molar-refractivity contribution in [3.05, 3.63) is 58.5 Å². The van der Waals surface area contributed by atoms with E-state index in [1.165, 1.54) is 24.0 Å². The molecular formula is C23H30N2O3. The zero-order valence-electron chi connectivity index (χ0n) is 16.9. The maximum absolute atomic E-state index is 13.0. The summed E-state index contributed by atoms with van der Waals surface area (Å²) in [6.07, 6.45) is 4.18. The molecule has 1 saturated heterocycles. The summed E-state index contributed by atoms with van der Waals surface area (Å²) < 4.78 is 11.9. The number of carbonyl (C=O) groups excluding carboxylic acids is 1. The molecule has 0 bridgehead atoms. The predicted octanol–water partition coefficient (Wildman–Crippen LogP) is 3.82. The van der Waals surface area contributed by atoms with Gasteiger partial charge in [0.2, 0.25) is 0 Å². The summed E-state index contributed by atoms with van der Waals surface area (Å²) in [7, 11) is 1.83. The summed E-state index contributed by atoms with van der Waals surface area (Å²) in [6.45, 7) is 6.45. The standard InChI is InChI=1S/C23H30N2O3/c1-3-20-18(15-25-11-6-7-12-25)14-21(28-20)23(26)24(2)16-22-19-9-5-4-8-17(19)10-13-27-22/h4-5,8-9,14,22H,3,6-7,10-13,15-16H2,1-2H3/t22-/m0/s1. The van der Waals surface area contributed by atoms with Crippen LogP contribution in [-0.2, 0) is 24.1 Å². The first-order chi connectivity index (χ1) is 13.7. The molecule has 1 atom stereocenters. The van der Waals surface area contributed by atoms with Gasteiger partial charge in [0.25, 0.3) is 5.91 Å². The van der Waals surface area contributed by atoms with E-state index in [1.54, 1.807) is 4.90 Å². The van der Waals surface area contributed by atoms with Crippen LogP contribution in [-0.4, -0.2) is 49.0 Å². The molecular weight excluding hydrogens is 352 g/mol. The fraction of sp³-hybridized carbons (Fsp3) is 0.522. The third-order valence-electron chi connectivity index (χ3n) is 5.90. The van der Waals surface area contributed by atoms with Gasteiger partial charge in [-0.15, -0.1) is 0 Å². The van der Waals surface area contributed by atoms with Crippen molar-refractivity contribution in [1.29, 1.82) is 0 Å². The van der Waals surface area contributed by atoms with Crippen LogP contribution in [0.5, 0.6) is 0 Å². The van der Waals surface area contributed by atoms with Crippen molar-refractivity contribution in [2.45, 2.75) is 45.3 Å². The van der Waals surface area contributed by atoms with Gasteiger partial charge in [-0.2, -0.15) is 0 Å². The van der Waals surface area contributed by atoms with Crippen LogP contribution < -0.4 is 0 Å². The van der Waals surface area contributed by atoms with E-state index in [1.807, 2.05) is 19.2 Å². The van der Waals surface area contributed by atoms with Crippen molar-refractivity contribution in [1.82, 2.24) is 9.80 Å². The third-order valence-corrected chi connectivity index (χ3v) is 5.90. The van der Waals surface area contributed by atoms with E-state index in [-0.39, 0.29) is 12.0 Å². The molecule has 1 aromatic carbocycles. The molecule has 28 heavy (non-hydrogen) atoms. The quantitative estimate of drug-likeness (QED) is 0.762. The van der Waals surface area contributed by atoms with E-state index in [9.17, 15) is 4.79 Å². The van der Waals surface area contributed by atoms with Gasteiger partial charge in [-0.3, -0.25) is 9.69 Å². The molecule has 0 aliphatic carbocycles. The molecule has 0 radical (unpaired) electrons. The lowest BCUT2D eigenvalue weighted by atomic mass is 9.97. The number of benzene rings is 1. The van der Waals surface area contributed by atoms with Gasteiger partial charge in [-0.05, 0) is 49.5 Å². The Hall–Kier alpha value is -2.11. The first kappa shape index (κ1) is 19.2. The number of likely N-dealkylation sites (tertiary alicyclic amines) is 1. The number of aryl methyl sites for hydroxylation is 1. The normalized spacial score (nSPS) is 19.6. The van der Waals surface area contributed by atoms with Gasteiger partial charge in [0.05, 0.1) is 13.2 Å². The fourth-order valence-electron chi connectivity index (χ4n) is 4.33. The Morgan fingerprint density at radius 3 is 2.82 bits per heavy atom. The summed E-state index contributed by atoms with van der Waals surface area (Å²) in [6, 6.07) is 10.3. The van der Waals surface area contributed by atoms with Crippen LogP contribution >= 0.6 is 0 Å². The molecule has 5 nitrogen and oxygen atoms in total. The third kappa shape index (κ3) is 4.01. The predicted molar refractivity (Wildman–Crippen MR) is 108 cm³/mol. The first-order valence-corrected chi connectivity index (χ1v) is 10.4. The van der Waals surface area contributed by atoms with Gasteiger partial charge in [0.15, 0.2) is 5.76 Å². The minimum atomic E-state index is -0.0800. The highest BCUT2D eigenvalue weighted by Gasteiger charge is 2.26. The molecule has 0 N–H and O–H groups in total. The van der Waals surface area contributed by atoms with Crippen LogP contribution in [0.2, 0.25) is 0 Å². The Balaban J connectivity index is 1.46. The minimum absolute atomic E-state index is 0.0750. The maximum atomic E-state index is 13.0. The van der Waals surface area contributed by atoms with Crippen molar-refractivity contribution >= 4 is 5.91 Å². The Bertz CT molecular complexity index is 823. The van der Waals surface area contributed by atoms with Gasteiger partial charge in [0.1, 0.15) is 11.9 Å². The molecule has 1 fully saturated rings. The SMILES string of the molecule is CCc1oc(C(=O)N(C)C[C@@H]2OCCc3ccccc32)cc1CN1CCCC1. The maximum Gasteiger partial charge on any atom is 0.289 e. The monoisotopic (exact) mass is 382 g/mol. The van der Waals surface area contributed by atoms with Crippen molar-refractivity contribution in [3.8, 4) is 0 Å². The van der Waals surface area contributed by atoms with Crippen LogP contribution in [0.15, 0.2) is 34.7 Å². The molecule has 0 unspecified atom stereocenters. The van der Waals surface area contributed by atoms with Crippen LogP contribution in [0.3, 0.4) is 0 Å². The molecule has 3 heterocycles. The molecule has 0 spiro atoms. The number of fused-ring (bicyclic) bond motifs is 1. The largest absolute Gasteiger partial charge is 0.456 e. The summed E-state index contributed by atoms with van der Waals surface area (Å²) in [5, 5.41) is 0. The van der Waals surface area contributed by atoms with Crippen molar-refractivity contribution in [2.75, 3.05) is 33.3 Å². The molecule has 2 aromatic rings. The number of amides is 1. The van der Waals surface area contributed by atoms with E-state index in [4.69, 9.17) is 9.15 Å². The number of furan rings is 1. The fourth-order valence-corrected chi connectivity index (χ4v) is 4.33. The lowest BCUT2D eigenvalue weighted by Crippen LogP contribution is -2.33. The highest BCUT2D eigenvalue weighted by Crippen LogP contribution is 2.28. The summed E-state index contributed by atoms with van der Waals surface area (Å²) >= 11 is 0. The average Bonchev–Trinajstić information content (AvgIpc) is 3.37. The van der Waals surface area contributed by atoms with Crippen molar-refractivity contribution in [3.63, 3.8) is 0 Å². The molecule has 1 amide bonds. The Morgan fingerprint density at radius 2 is 2.04 bits per heavy atom. The highest BCUT2D eigenvalue weighted by molar-refractivity contribution is 5.91. The summed E-state index contributed by atoms with van der Waals surface area (Å²) in [4.78, 5) is 17.2. The first-order valence-electron chi connectivity index (χ1n) is 10.4. The lowest BCUT2D eigenvalue weighted by Gasteiger charge is -2.29. The molecule has 150 valence electrons. The summed E-state index contributed by atoms with van der Waals surface area (Å²) in [5.74, 6) is 1.30. The zero-order chi connectivity index (χ0) is 19.5. The molecule has 2 aliphatic rings. The topological polar surface area (TPSA) is 45.9 Å². The second kappa shape index (κ2) is 8.50. The van der Waals surface area contributed by atoms with E-state index < -0.39 is 0 Å². The number of nitrogens with zero attached hydrogens (tertiary/aromatic N) is 2. The van der Waals surface area contributed by atoms with Crippen LogP contribution in [0.1, 0.15) is 58.9 Å². The van der Waals surface area contributed by atoms with Crippen LogP contribution in [0, 0.1) is 0 Å². The van der Waals surface area contributed by atoms with E-state index in [0.29, 0.717) is 18.9 Å². The number of likely N-dealkylation sites (N-methyl/N-ethyl adjacent to an activating group) is 1. The summed E-state index contributed by atoms with van der Waals surface area (Å²) in [5.41, 5.74) is 3.66. The number of ether oxygens (including phenoxy) is 1. The number of hydrogen-bond donors (Lipinski definition) is 0. The van der Waals surface area contributed by atoms with E-state index in [0.717, 1.165) is 43.8 Å². The number of hydrogen-bond acceptors (Lipinski definition) is 4. The van der Waals surface area contributed by atoms with Gasteiger partial charge in [-0.1, -0.05) is 31.2 Å². The average molecular weight is 383 g/mol. The second-order valence-electron chi connectivity index (χ2n) is 7.89. The molecule has 4 rings (SSSR count). The molecule has 1 aromatic heterocycles. The molecule has 2 aliphatic heterocycles. The van der Waals surface area contributed by atoms with Crippen molar-refractivity contribution in [2.24, 2.45) is 0 Å².